The molecule has 2 aromatic rings. The number of hydrogen-bond acceptors (Lipinski definition) is 3. The zero-order valence-electron chi connectivity index (χ0n) is 11.6. The van der Waals surface area contributed by atoms with Gasteiger partial charge in [0.1, 0.15) is 0 Å². The molecule has 2 nitrogen and oxygen atoms in total. The highest BCUT2D eigenvalue weighted by Crippen LogP contribution is 2.28. The van der Waals surface area contributed by atoms with E-state index in [1.54, 1.807) is 18.7 Å². The van der Waals surface area contributed by atoms with Gasteiger partial charge < -0.3 is 0 Å². The fourth-order valence-corrected chi connectivity index (χ4v) is 2.62. The van der Waals surface area contributed by atoms with Crippen LogP contribution in [0, 0.1) is 0 Å². The molecular weight excluding hydrogens is 268 g/mol. The fraction of sp³-hybridized carbons (Fsp3) is 0.176. The van der Waals surface area contributed by atoms with Crippen LogP contribution >= 0.6 is 11.8 Å². The standard InChI is InChI=1S/C17H16O2S/c1-3-17(19)14-6-10-16(11-7-14)20-15-8-4-13(5-9-15)12(2)18/h4-11H,3H2,1-2H3. The predicted octanol–water partition coefficient (Wildman–Crippen LogP) is 4.63. The van der Waals surface area contributed by atoms with Gasteiger partial charge >= 0.3 is 0 Å². The van der Waals surface area contributed by atoms with Gasteiger partial charge in [0.25, 0.3) is 0 Å². The zero-order chi connectivity index (χ0) is 14.5. The highest BCUT2D eigenvalue weighted by Gasteiger charge is 2.04. The van der Waals surface area contributed by atoms with E-state index < -0.39 is 0 Å². The molecule has 0 heterocycles. The Labute approximate surface area is 123 Å². The minimum Gasteiger partial charge on any atom is -0.295 e. The molecule has 3 heteroatoms. The van der Waals surface area contributed by atoms with E-state index in [0.717, 1.165) is 20.9 Å². The number of hydrogen-bond donors (Lipinski definition) is 0. The van der Waals surface area contributed by atoms with Crippen LogP contribution in [0.1, 0.15) is 41.0 Å². The molecule has 2 rings (SSSR count). The van der Waals surface area contributed by atoms with Crippen LogP contribution in [0.4, 0.5) is 0 Å². The van der Waals surface area contributed by atoms with Crippen molar-refractivity contribution in [1.29, 1.82) is 0 Å². The Bertz CT molecular complexity index is 612. The molecule has 0 saturated heterocycles. The van der Waals surface area contributed by atoms with Crippen molar-refractivity contribution in [2.75, 3.05) is 0 Å². The first-order chi connectivity index (χ1) is 9.60. The van der Waals surface area contributed by atoms with E-state index in [0.29, 0.717) is 6.42 Å². The van der Waals surface area contributed by atoms with Crippen molar-refractivity contribution in [2.24, 2.45) is 0 Å². The van der Waals surface area contributed by atoms with Gasteiger partial charge in [0, 0.05) is 27.3 Å². The first kappa shape index (κ1) is 14.5. The second-order valence-corrected chi connectivity index (χ2v) is 5.63. The highest BCUT2D eigenvalue weighted by atomic mass is 32.2. The molecule has 0 spiro atoms. The molecule has 0 unspecified atom stereocenters. The van der Waals surface area contributed by atoms with Gasteiger partial charge in [-0.3, -0.25) is 9.59 Å². The topological polar surface area (TPSA) is 34.1 Å². The van der Waals surface area contributed by atoms with Gasteiger partial charge in [0.15, 0.2) is 11.6 Å². The first-order valence-corrected chi connectivity index (χ1v) is 7.34. The van der Waals surface area contributed by atoms with Gasteiger partial charge in [-0.1, -0.05) is 43.0 Å². The predicted molar refractivity (Wildman–Crippen MR) is 81.6 cm³/mol. The van der Waals surface area contributed by atoms with Crippen LogP contribution in [-0.2, 0) is 0 Å². The smallest absolute Gasteiger partial charge is 0.162 e. The number of Topliss-reactive ketones (excluding diaryl/α,β-unsaturated/α-hetero) is 2. The average molecular weight is 284 g/mol. The van der Waals surface area contributed by atoms with Crippen LogP contribution in [0.25, 0.3) is 0 Å². The molecule has 2 aromatic carbocycles. The van der Waals surface area contributed by atoms with Gasteiger partial charge in [-0.2, -0.15) is 0 Å². The quantitative estimate of drug-likeness (QED) is 0.750. The SMILES string of the molecule is CCC(=O)c1ccc(Sc2ccc(C(C)=O)cc2)cc1. The molecule has 0 aliphatic carbocycles. The van der Waals surface area contributed by atoms with Gasteiger partial charge in [-0.25, -0.2) is 0 Å². The summed E-state index contributed by atoms with van der Waals surface area (Å²) in [6, 6.07) is 15.2. The third kappa shape index (κ3) is 3.58. The number of carbonyl (C=O) groups excluding carboxylic acids is 2. The Morgan fingerprint density at radius 1 is 0.850 bits per heavy atom. The van der Waals surface area contributed by atoms with E-state index in [1.807, 2.05) is 55.5 Å². The van der Waals surface area contributed by atoms with E-state index in [1.165, 1.54) is 0 Å². The maximum atomic E-state index is 11.5. The maximum absolute atomic E-state index is 11.5. The first-order valence-electron chi connectivity index (χ1n) is 6.52. The molecule has 0 aliphatic heterocycles. The normalized spacial score (nSPS) is 10.3. The molecular formula is C17H16O2S. The lowest BCUT2D eigenvalue weighted by Crippen LogP contribution is -1.95. The third-order valence-corrected chi connectivity index (χ3v) is 4.01. The number of rotatable bonds is 5. The Kier molecular flexibility index (Phi) is 4.74. The van der Waals surface area contributed by atoms with E-state index in [-0.39, 0.29) is 11.6 Å². The largest absolute Gasteiger partial charge is 0.295 e. The molecule has 0 aliphatic rings. The third-order valence-electron chi connectivity index (χ3n) is 2.99. The molecule has 0 aromatic heterocycles. The maximum Gasteiger partial charge on any atom is 0.162 e. The number of carbonyl (C=O) groups is 2. The Hall–Kier alpha value is -1.87. The molecule has 102 valence electrons. The van der Waals surface area contributed by atoms with Gasteiger partial charge in [0.05, 0.1) is 0 Å². The summed E-state index contributed by atoms with van der Waals surface area (Å²) in [7, 11) is 0. The van der Waals surface area contributed by atoms with E-state index in [9.17, 15) is 9.59 Å². The summed E-state index contributed by atoms with van der Waals surface area (Å²) < 4.78 is 0. The summed E-state index contributed by atoms with van der Waals surface area (Å²) in [6.07, 6.45) is 0.527. The van der Waals surface area contributed by atoms with Crippen molar-refractivity contribution in [3.8, 4) is 0 Å². The molecule has 0 saturated carbocycles. The van der Waals surface area contributed by atoms with Crippen LogP contribution in [-0.4, -0.2) is 11.6 Å². The summed E-state index contributed by atoms with van der Waals surface area (Å²) in [5.41, 5.74) is 1.47. The average Bonchev–Trinajstić information content (AvgIpc) is 2.48. The van der Waals surface area contributed by atoms with Gasteiger partial charge in [-0.05, 0) is 31.2 Å². The number of benzene rings is 2. The molecule has 0 bridgehead atoms. The summed E-state index contributed by atoms with van der Waals surface area (Å²) in [5.74, 6) is 0.233. The second-order valence-electron chi connectivity index (χ2n) is 4.48. The minimum absolute atomic E-state index is 0.0731. The highest BCUT2D eigenvalue weighted by molar-refractivity contribution is 7.99. The van der Waals surface area contributed by atoms with Crippen molar-refractivity contribution in [3.05, 3.63) is 59.7 Å². The Morgan fingerprint density at radius 2 is 1.30 bits per heavy atom. The lowest BCUT2D eigenvalue weighted by atomic mass is 10.1. The fourth-order valence-electron chi connectivity index (χ4n) is 1.81. The summed E-state index contributed by atoms with van der Waals surface area (Å²) in [4.78, 5) is 24.9. The zero-order valence-corrected chi connectivity index (χ0v) is 12.4. The van der Waals surface area contributed by atoms with Crippen LogP contribution in [0.15, 0.2) is 58.3 Å². The minimum atomic E-state index is 0.0731. The van der Waals surface area contributed by atoms with Crippen LogP contribution < -0.4 is 0 Å². The molecule has 20 heavy (non-hydrogen) atoms. The van der Waals surface area contributed by atoms with Gasteiger partial charge in [-0.15, -0.1) is 0 Å². The molecule has 0 N–H and O–H groups in total. The lowest BCUT2D eigenvalue weighted by molar-refractivity contribution is 0.0985. The van der Waals surface area contributed by atoms with Crippen molar-refractivity contribution in [2.45, 2.75) is 30.1 Å². The Balaban J connectivity index is 2.10. The van der Waals surface area contributed by atoms with E-state index in [2.05, 4.69) is 0 Å². The Morgan fingerprint density at radius 3 is 1.70 bits per heavy atom. The summed E-state index contributed by atoms with van der Waals surface area (Å²) in [5, 5.41) is 0. The van der Waals surface area contributed by atoms with Crippen molar-refractivity contribution >= 4 is 23.3 Å². The lowest BCUT2D eigenvalue weighted by Gasteiger charge is -2.04. The van der Waals surface area contributed by atoms with E-state index >= 15 is 0 Å². The van der Waals surface area contributed by atoms with Crippen molar-refractivity contribution in [1.82, 2.24) is 0 Å². The summed E-state index contributed by atoms with van der Waals surface area (Å²) >= 11 is 1.61. The van der Waals surface area contributed by atoms with E-state index in [4.69, 9.17) is 0 Å². The number of ketones is 2. The van der Waals surface area contributed by atoms with Gasteiger partial charge in [0.2, 0.25) is 0 Å². The molecule has 0 atom stereocenters. The molecule has 0 amide bonds. The second kappa shape index (κ2) is 6.53. The van der Waals surface area contributed by atoms with Crippen LogP contribution in [0.2, 0.25) is 0 Å². The monoisotopic (exact) mass is 284 g/mol. The summed E-state index contributed by atoms with van der Waals surface area (Å²) in [6.45, 7) is 3.42. The van der Waals surface area contributed by atoms with Crippen LogP contribution in [0.3, 0.4) is 0 Å². The molecule has 0 fully saturated rings. The molecule has 0 radical (unpaired) electrons. The van der Waals surface area contributed by atoms with Crippen LogP contribution in [0.5, 0.6) is 0 Å². The van der Waals surface area contributed by atoms with Crippen molar-refractivity contribution < 1.29 is 9.59 Å². The van der Waals surface area contributed by atoms with Crippen molar-refractivity contribution in [3.63, 3.8) is 0 Å².